The number of hydrogen-bond acceptors (Lipinski definition) is 2. The maximum Gasteiger partial charge on any atom is 0.260 e. The zero-order valence-electron chi connectivity index (χ0n) is 11.0. The van der Waals surface area contributed by atoms with Crippen molar-refractivity contribution in [2.45, 2.75) is 19.4 Å². The van der Waals surface area contributed by atoms with Crippen LogP contribution in [0.15, 0.2) is 0 Å². The lowest BCUT2D eigenvalue weighted by molar-refractivity contribution is 0.0290. The van der Waals surface area contributed by atoms with Crippen LogP contribution in [0.25, 0.3) is 0 Å². The second kappa shape index (κ2) is 5.59. The van der Waals surface area contributed by atoms with Crippen molar-refractivity contribution in [1.29, 1.82) is 0 Å². The lowest BCUT2D eigenvalue weighted by Gasteiger charge is -2.34. The van der Waals surface area contributed by atoms with E-state index in [2.05, 4.69) is 0 Å². The summed E-state index contributed by atoms with van der Waals surface area (Å²) in [5, 5.41) is 9.53. The second-order valence-electron chi connectivity index (χ2n) is 5.03. The predicted octanol–water partition coefficient (Wildman–Crippen LogP) is 2.23. The van der Waals surface area contributed by atoms with E-state index in [4.69, 9.17) is 0 Å². The first-order valence-corrected chi connectivity index (χ1v) is 6.24. The van der Waals surface area contributed by atoms with E-state index in [1.54, 1.807) is 6.92 Å². The van der Waals surface area contributed by atoms with E-state index in [1.807, 2.05) is 0 Å². The largest absolute Gasteiger partial charge is 0.393 e. The number of nitrogens with zero attached hydrogens (tertiary/aromatic N) is 1. The van der Waals surface area contributed by atoms with Crippen LogP contribution >= 0.6 is 0 Å². The highest BCUT2D eigenvalue weighted by Crippen LogP contribution is 2.26. The van der Waals surface area contributed by atoms with E-state index in [9.17, 15) is 31.9 Å². The first-order chi connectivity index (χ1) is 9.75. The number of rotatable bonds is 1. The van der Waals surface area contributed by atoms with Crippen LogP contribution in [0.5, 0.6) is 0 Å². The Hall–Kier alpha value is -1.70. The third-order valence-electron chi connectivity index (χ3n) is 3.57. The van der Waals surface area contributed by atoms with Crippen molar-refractivity contribution in [3.8, 4) is 0 Å². The van der Waals surface area contributed by atoms with Gasteiger partial charge in [0.05, 0.1) is 6.10 Å². The summed E-state index contributed by atoms with van der Waals surface area (Å²) in [4.78, 5) is 13.0. The summed E-state index contributed by atoms with van der Waals surface area (Å²) >= 11 is 0. The molecule has 0 spiro atoms. The number of benzene rings is 1. The molecule has 0 aliphatic carbocycles. The van der Waals surface area contributed by atoms with Crippen molar-refractivity contribution in [2.24, 2.45) is 5.92 Å². The molecule has 1 N–H and O–H groups in total. The van der Waals surface area contributed by atoms with Gasteiger partial charge in [-0.1, -0.05) is 6.92 Å². The molecule has 0 bridgehead atoms. The van der Waals surface area contributed by atoms with Gasteiger partial charge in [-0.05, 0) is 12.3 Å². The van der Waals surface area contributed by atoms with Crippen LogP contribution in [0.1, 0.15) is 23.7 Å². The maximum atomic E-state index is 13.6. The van der Waals surface area contributed by atoms with Gasteiger partial charge in [0.2, 0.25) is 5.82 Å². The van der Waals surface area contributed by atoms with Crippen molar-refractivity contribution in [3.63, 3.8) is 0 Å². The van der Waals surface area contributed by atoms with Crippen molar-refractivity contribution in [1.82, 2.24) is 4.90 Å². The van der Waals surface area contributed by atoms with Crippen molar-refractivity contribution >= 4 is 5.91 Å². The van der Waals surface area contributed by atoms with E-state index in [0.29, 0.717) is 0 Å². The Kier molecular flexibility index (Phi) is 4.18. The van der Waals surface area contributed by atoms with E-state index < -0.39 is 46.7 Å². The third kappa shape index (κ3) is 2.59. The molecule has 21 heavy (non-hydrogen) atoms. The van der Waals surface area contributed by atoms with Crippen molar-refractivity contribution in [3.05, 3.63) is 34.6 Å². The van der Waals surface area contributed by atoms with E-state index >= 15 is 0 Å². The van der Waals surface area contributed by atoms with Gasteiger partial charge in [0.15, 0.2) is 23.3 Å². The monoisotopic (exact) mass is 309 g/mol. The van der Waals surface area contributed by atoms with Gasteiger partial charge >= 0.3 is 0 Å². The maximum absolute atomic E-state index is 13.6. The molecule has 1 saturated heterocycles. The van der Waals surface area contributed by atoms with Crippen LogP contribution in [-0.2, 0) is 0 Å². The first kappa shape index (κ1) is 15.7. The van der Waals surface area contributed by atoms with Crippen LogP contribution in [0.2, 0.25) is 0 Å². The topological polar surface area (TPSA) is 40.5 Å². The molecule has 1 heterocycles. The molecular formula is C13H12F5NO2. The van der Waals surface area contributed by atoms with Crippen molar-refractivity contribution in [2.75, 3.05) is 13.1 Å². The molecule has 8 heteroatoms. The average molecular weight is 309 g/mol. The molecule has 3 nitrogen and oxygen atoms in total. The van der Waals surface area contributed by atoms with Gasteiger partial charge in [0.25, 0.3) is 5.91 Å². The highest BCUT2D eigenvalue weighted by Gasteiger charge is 2.34. The minimum atomic E-state index is -2.30. The van der Waals surface area contributed by atoms with E-state index in [0.717, 1.165) is 4.90 Å². The summed E-state index contributed by atoms with van der Waals surface area (Å²) in [5.74, 6) is -12.5. The molecule has 1 fully saturated rings. The minimum Gasteiger partial charge on any atom is -0.393 e. The number of aliphatic hydroxyl groups excluding tert-OH is 1. The molecule has 116 valence electrons. The van der Waals surface area contributed by atoms with Gasteiger partial charge in [-0.3, -0.25) is 4.79 Å². The first-order valence-electron chi connectivity index (χ1n) is 6.24. The summed E-state index contributed by atoms with van der Waals surface area (Å²) < 4.78 is 66.3. The molecule has 0 aromatic heterocycles. The van der Waals surface area contributed by atoms with E-state index in [1.165, 1.54) is 0 Å². The van der Waals surface area contributed by atoms with Gasteiger partial charge in [0.1, 0.15) is 5.56 Å². The molecule has 2 unspecified atom stereocenters. The molecule has 1 amide bonds. The van der Waals surface area contributed by atoms with E-state index in [-0.39, 0.29) is 25.4 Å². The molecule has 1 aromatic carbocycles. The Bertz CT molecular complexity index is 563. The lowest BCUT2D eigenvalue weighted by Crippen LogP contribution is -2.45. The van der Waals surface area contributed by atoms with Crippen LogP contribution < -0.4 is 0 Å². The molecule has 2 rings (SSSR count). The summed E-state index contributed by atoms with van der Waals surface area (Å²) in [6, 6.07) is 0. The second-order valence-corrected chi connectivity index (χ2v) is 5.03. The standard InChI is InChI=1S/C13H12F5NO2/c1-5-4-19(3-2-6(5)20)13(21)7-8(14)10(16)12(18)11(17)9(7)15/h5-6,20H,2-4H2,1H3. The number of carbonyl (C=O) groups excluding carboxylic acids is 1. The molecule has 2 atom stereocenters. The zero-order chi connectivity index (χ0) is 15.9. The minimum absolute atomic E-state index is 0.0240. The average Bonchev–Trinajstić information content (AvgIpc) is 2.46. The highest BCUT2D eigenvalue weighted by molar-refractivity contribution is 5.95. The molecule has 1 aliphatic heterocycles. The number of piperidine rings is 1. The number of likely N-dealkylation sites (tertiary alicyclic amines) is 1. The van der Waals surface area contributed by atoms with Gasteiger partial charge in [-0.15, -0.1) is 0 Å². The normalized spacial score (nSPS) is 22.5. The Morgan fingerprint density at radius 3 is 2.00 bits per heavy atom. The number of aliphatic hydroxyl groups is 1. The van der Waals surface area contributed by atoms with Gasteiger partial charge in [0, 0.05) is 13.1 Å². The Morgan fingerprint density at radius 1 is 1.05 bits per heavy atom. The highest BCUT2D eigenvalue weighted by atomic mass is 19.2. The van der Waals surface area contributed by atoms with Crippen LogP contribution in [0.3, 0.4) is 0 Å². The van der Waals surface area contributed by atoms with Crippen molar-refractivity contribution < 1.29 is 31.9 Å². The predicted molar refractivity (Wildman–Crippen MR) is 61.9 cm³/mol. The molecule has 0 radical (unpaired) electrons. The Labute approximate surface area is 117 Å². The summed E-state index contributed by atoms with van der Waals surface area (Å²) in [6.45, 7) is 1.56. The summed E-state index contributed by atoms with van der Waals surface area (Å²) in [7, 11) is 0. The number of hydrogen-bond donors (Lipinski definition) is 1. The van der Waals surface area contributed by atoms with Gasteiger partial charge in [-0.25, -0.2) is 22.0 Å². The van der Waals surface area contributed by atoms with Crippen LogP contribution in [0, 0.1) is 35.0 Å². The Balaban J connectivity index is 2.41. The molecule has 1 aromatic rings. The zero-order valence-corrected chi connectivity index (χ0v) is 11.0. The number of amides is 1. The number of halogens is 5. The van der Waals surface area contributed by atoms with Crippen LogP contribution in [-0.4, -0.2) is 35.1 Å². The fourth-order valence-electron chi connectivity index (χ4n) is 2.27. The summed E-state index contributed by atoms with van der Waals surface area (Å²) in [5.41, 5.74) is -1.46. The lowest BCUT2D eigenvalue weighted by atomic mass is 9.96. The fraction of sp³-hybridized carbons (Fsp3) is 0.462. The number of carbonyl (C=O) groups is 1. The smallest absolute Gasteiger partial charge is 0.260 e. The van der Waals surface area contributed by atoms with Gasteiger partial charge in [-0.2, -0.15) is 0 Å². The molecule has 1 aliphatic rings. The quantitative estimate of drug-likeness (QED) is 0.491. The summed E-state index contributed by atoms with van der Waals surface area (Å²) in [6.07, 6.45) is -0.507. The van der Waals surface area contributed by atoms with Crippen LogP contribution in [0.4, 0.5) is 22.0 Å². The van der Waals surface area contributed by atoms with Gasteiger partial charge < -0.3 is 10.0 Å². The molecular weight excluding hydrogens is 297 g/mol. The SMILES string of the molecule is CC1CN(C(=O)c2c(F)c(F)c(F)c(F)c2F)CCC1O. The third-order valence-corrected chi connectivity index (χ3v) is 3.57. The Morgan fingerprint density at radius 2 is 1.52 bits per heavy atom. The molecule has 0 saturated carbocycles. The fourth-order valence-corrected chi connectivity index (χ4v) is 2.27.